The maximum Gasteiger partial charge on any atom is 0.188 e. The molecule has 0 aliphatic carbocycles. The Balaban J connectivity index is 2.49. The second-order valence-corrected chi connectivity index (χ2v) is 4.59. The molecule has 2 heterocycles. The summed E-state index contributed by atoms with van der Waals surface area (Å²) in [7, 11) is 0. The third-order valence-electron chi connectivity index (χ3n) is 2.07. The molecule has 2 aromatic rings. The Bertz CT molecular complexity index is 510. The van der Waals surface area contributed by atoms with E-state index in [1.807, 2.05) is 26.0 Å². The van der Waals surface area contributed by atoms with Gasteiger partial charge in [-0.25, -0.2) is 4.98 Å². The van der Waals surface area contributed by atoms with Gasteiger partial charge in [-0.05, 0) is 26.0 Å². The predicted octanol–water partition coefficient (Wildman–Crippen LogP) is 3.22. The lowest BCUT2D eigenvalue weighted by Gasteiger charge is -1.91. The molecule has 0 radical (unpaired) electrons. The number of carbonyl (C=O) groups is 1. The molecule has 2 rings (SSSR count). The maximum absolute atomic E-state index is 11.2. The van der Waals surface area contributed by atoms with Gasteiger partial charge in [0, 0.05) is 11.8 Å². The van der Waals surface area contributed by atoms with Crippen molar-refractivity contribution in [1.29, 1.82) is 0 Å². The highest BCUT2D eigenvalue weighted by atomic mass is 32.1. The number of ketones is 1. The number of carbonyl (C=O) groups excluding carboxylic acids is 1. The van der Waals surface area contributed by atoms with E-state index in [-0.39, 0.29) is 5.78 Å². The Morgan fingerprint density at radius 2 is 2.13 bits per heavy atom. The van der Waals surface area contributed by atoms with E-state index in [1.54, 1.807) is 0 Å². The zero-order chi connectivity index (χ0) is 11.0. The van der Waals surface area contributed by atoms with E-state index in [4.69, 9.17) is 4.42 Å². The molecule has 0 saturated carbocycles. The number of aryl methyl sites for hydroxylation is 2. The summed E-state index contributed by atoms with van der Waals surface area (Å²) < 4.78 is 5.48. The summed E-state index contributed by atoms with van der Waals surface area (Å²) in [5.41, 5.74) is 0.776. The number of hydrogen-bond acceptors (Lipinski definition) is 4. The molecule has 3 nitrogen and oxygen atoms in total. The molecule has 0 bridgehead atoms. The Morgan fingerprint density at radius 3 is 2.60 bits per heavy atom. The van der Waals surface area contributed by atoms with Crippen molar-refractivity contribution in [2.24, 2.45) is 0 Å². The average molecular weight is 221 g/mol. The van der Waals surface area contributed by atoms with E-state index >= 15 is 0 Å². The molecular weight excluding hydrogens is 210 g/mol. The summed E-state index contributed by atoms with van der Waals surface area (Å²) in [4.78, 5) is 16.4. The third kappa shape index (κ3) is 1.85. The van der Waals surface area contributed by atoms with Crippen LogP contribution in [0.2, 0.25) is 0 Å². The SMILES string of the molecule is CC(=O)c1nc(-c2ccc(C)o2)c(C)s1. The molecular formula is C11H11NO2S. The van der Waals surface area contributed by atoms with E-state index in [9.17, 15) is 4.79 Å². The summed E-state index contributed by atoms with van der Waals surface area (Å²) in [5.74, 6) is 1.58. The van der Waals surface area contributed by atoms with Crippen LogP contribution in [0.1, 0.15) is 27.4 Å². The van der Waals surface area contributed by atoms with Crippen LogP contribution in [0.15, 0.2) is 16.5 Å². The number of Topliss-reactive ketones (excluding diaryl/α,β-unsaturated/α-hetero) is 1. The normalized spacial score (nSPS) is 10.6. The topological polar surface area (TPSA) is 43.1 Å². The monoisotopic (exact) mass is 221 g/mol. The first kappa shape index (κ1) is 10.1. The van der Waals surface area contributed by atoms with E-state index in [2.05, 4.69) is 4.98 Å². The zero-order valence-corrected chi connectivity index (χ0v) is 9.64. The van der Waals surface area contributed by atoms with Gasteiger partial charge in [0.1, 0.15) is 11.5 Å². The molecule has 0 atom stereocenters. The molecule has 0 aliphatic heterocycles. The number of hydrogen-bond donors (Lipinski definition) is 0. The van der Waals surface area contributed by atoms with Gasteiger partial charge in [-0.2, -0.15) is 0 Å². The molecule has 78 valence electrons. The van der Waals surface area contributed by atoms with Crippen molar-refractivity contribution in [3.63, 3.8) is 0 Å². The minimum Gasteiger partial charge on any atom is -0.460 e. The molecule has 0 saturated heterocycles. The van der Waals surface area contributed by atoms with Crippen LogP contribution in [-0.2, 0) is 0 Å². The molecule has 0 fully saturated rings. The first-order chi connectivity index (χ1) is 7.08. The lowest BCUT2D eigenvalue weighted by atomic mass is 10.3. The van der Waals surface area contributed by atoms with Gasteiger partial charge in [0.15, 0.2) is 16.6 Å². The van der Waals surface area contributed by atoms with E-state index in [0.717, 1.165) is 22.1 Å². The van der Waals surface area contributed by atoms with Crippen molar-refractivity contribution in [2.75, 3.05) is 0 Å². The van der Waals surface area contributed by atoms with Crippen LogP contribution in [0.5, 0.6) is 0 Å². The van der Waals surface area contributed by atoms with Crippen LogP contribution in [0.3, 0.4) is 0 Å². The van der Waals surface area contributed by atoms with Gasteiger partial charge in [0.2, 0.25) is 0 Å². The van der Waals surface area contributed by atoms with E-state index < -0.39 is 0 Å². The molecule has 2 aromatic heterocycles. The van der Waals surface area contributed by atoms with E-state index in [0.29, 0.717) is 5.01 Å². The molecule has 0 amide bonds. The second-order valence-electron chi connectivity index (χ2n) is 3.39. The van der Waals surface area contributed by atoms with Crippen molar-refractivity contribution >= 4 is 17.1 Å². The predicted molar refractivity (Wildman–Crippen MR) is 59.3 cm³/mol. The largest absolute Gasteiger partial charge is 0.460 e. The number of furan rings is 1. The fourth-order valence-corrected chi connectivity index (χ4v) is 2.15. The standard InChI is InChI=1S/C11H11NO2S/c1-6-4-5-9(14-6)10-8(3)15-11(12-10)7(2)13/h4-5H,1-3H3. The van der Waals surface area contributed by atoms with Gasteiger partial charge in [-0.15, -0.1) is 11.3 Å². The molecule has 0 unspecified atom stereocenters. The highest BCUT2D eigenvalue weighted by Crippen LogP contribution is 2.28. The van der Waals surface area contributed by atoms with Crippen LogP contribution in [0.4, 0.5) is 0 Å². The van der Waals surface area contributed by atoms with Crippen molar-refractivity contribution < 1.29 is 9.21 Å². The Labute approximate surface area is 91.8 Å². The Morgan fingerprint density at radius 1 is 1.40 bits per heavy atom. The van der Waals surface area contributed by atoms with Crippen LogP contribution >= 0.6 is 11.3 Å². The molecule has 0 N–H and O–H groups in total. The zero-order valence-electron chi connectivity index (χ0n) is 8.83. The number of thiazole rings is 1. The maximum atomic E-state index is 11.2. The van der Waals surface area contributed by atoms with Crippen LogP contribution < -0.4 is 0 Å². The van der Waals surface area contributed by atoms with Crippen molar-refractivity contribution in [1.82, 2.24) is 4.98 Å². The van der Waals surface area contributed by atoms with Crippen molar-refractivity contribution in [3.8, 4) is 11.5 Å². The molecule has 15 heavy (non-hydrogen) atoms. The third-order valence-corrected chi connectivity index (χ3v) is 3.14. The van der Waals surface area contributed by atoms with E-state index in [1.165, 1.54) is 18.3 Å². The number of aromatic nitrogens is 1. The molecule has 0 aromatic carbocycles. The first-order valence-electron chi connectivity index (χ1n) is 4.63. The Hall–Kier alpha value is -1.42. The quantitative estimate of drug-likeness (QED) is 0.731. The van der Waals surface area contributed by atoms with Gasteiger partial charge < -0.3 is 4.42 Å². The highest BCUT2D eigenvalue weighted by molar-refractivity contribution is 7.14. The molecule has 0 spiro atoms. The van der Waals surface area contributed by atoms with Gasteiger partial charge in [-0.3, -0.25) is 4.79 Å². The Kier molecular flexibility index (Phi) is 2.44. The van der Waals surface area contributed by atoms with Crippen LogP contribution in [-0.4, -0.2) is 10.8 Å². The summed E-state index contributed by atoms with van der Waals surface area (Å²) in [6, 6.07) is 3.77. The lowest BCUT2D eigenvalue weighted by molar-refractivity contribution is 0.101. The van der Waals surface area contributed by atoms with Gasteiger partial charge in [0.25, 0.3) is 0 Å². The first-order valence-corrected chi connectivity index (χ1v) is 5.45. The van der Waals surface area contributed by atoms with Gasteiger partial charge in [0.05, 0.1) is 0 Å². The fourth-order valence-electron chi connectivity index (χ4n) is 1.34. The molecule has 0 aliphatic rings. The smallest absolute Gasteiger partial charge is 0.188 e. The fraction of sp³-hybridized carbons (Fsp3) is 0.273. The average Bonchev–Trinajstić information content (AvgIpc) is 2.71. The van der Waals surface area contributed by atoms with Gasteiger partial charge in [-0.1, -0.05) is 0 Å². The number of nitrogens with zero attached hydrogens (tertiary/aromatic N) is 1. The summed E-state index contributed by atoms with van der Waals surface area (Å²) in [6.45, 7) is 5.35. The minimum atomic E-state index is -0.00220. The summed E-state index contributed by atoms with van der Waals surface area (Å²) in [5, 5.41) is 0.538. The van der Waals surface area contributed by atoms with Crippen molar-refractivity contribution in [2.45, 2.75) is 20.8 Å². The second kappa shape index (κ2) is 3.62. The molecule has 4 heteroatoms. The van der Waals surface area contributed by atoms with Gasteiger partial charge >= 0.3 is 0 Å². The highest BCUT2D eigenvalue weighted by Gasteiger charge is 2.14. The lowest BCUT2D eigenvalue weighted by Crippen LogP contribution is -1.89. The van der Waals surface area contributed by atoms with Crippen LogP contribution in [0.25, 0.3) is 11.5 Å². The number of rotatable bonds is 2. The van der Waals surface area contributed by atoms with Crippen molar-refractivity contribution in [3.05, 3.63) is 27.8 Å². The van der Waals surface area contributed by atoms with Crippen LogP contribution in [0, 0.1) is 13.8 Å². The summed E-state index contributed by atoms with van der Waals surface area (Å²) >= 11 is 1.41. The summed E-state index contributed by atoms with van der Waals surface area (Å²) in [6.07, 6.45) is 0. The minimum absolute atomic E-state index is 0.00220.